The zero-order valence-electron chi connectivity index (χ0n) is 11.3. The number of thiophene rings is 1. The Balaban J connectivity index is 1.86. The molecular formula is C13H10ClN3O3S2. The van der Waals surface area contributed by atoms with Crippen molar-refractivity contribution in [2.45, 2.75) is 11.1 Å². The summed E-state index contributed by atoms with van der Waals surface area (Å²) in [6.45, 7) is 1.67. The predicted octanol–water partition coefficient (Wildman–Crippen LogP) is 3.56. The second-order valence-corrected chi connectivity index (χ2v) is 7.66. The van der Waals surface area contributed by atoms with Gasteiger partial charge >= 0.3 is 0 Å². The highest BCUT2D eigenvalue weighted by Gasteiger charge is 2.19. The Morgan fingerprint density at radius 3 is 2.64 bits per heavy atom. The monoisotopic (exact) mass is 355 g/mol. The van der Waals surface area contributed by atoms with Crippen LogP contribution in [0.25, 0.3) is 11.4 Å². The molecule has 0 amide bonds. The summed E-state index contributed by atoms with van der Waals surface area (Å²) < 4.78 is 32.2. The van der Waals surface area contributed by atoms with Gasteiger partial charge in [0.1, 0.15) is 4.21 Å². The van der Waals surface area contributed by atoms with Crippen LogP contribution in [-0.4, -0.2) is 18.6 Å². The molecular weight excluding hydrogens is 346 g/mol. The zero-order valence-corrected chi connectivity index (χ0v) is 13.7. The topological polar surface area (TPSA) is 85.1 Å². The summed E-state index contributed by atoms with van der Waals surface area (Å²) in [5.41, 5.74) is 1.04. The number of anilines is 1. The molecule has 0 spiro atoms. The maximum Gasteiger partial charge on any atom is 0.271 e. The Morgan fingerprint density at radius 2 is 2.00 bits per heavy atom. The molecule has 0 aliphatic heterocycles. The number of rotatable bonds is 4. The molecule has 0 aliphatic carbocycles. The van der Waals surface area contributed by atoms with E-state index >= 15 is 0 Å². The van der Waals surface area contributed by atoms with Crippen LogP contribution in [0.2, 0.25) is 5.02 Å². The lowest BCUT2D eigenvalue weighted by atomic mass is 10.3. The van der Waals surface area contributed by atoms with E-state index in [1.165, 1.54) is 6.07 Å². The summed E-state index contributed by atoms with van der Waals surface area (Å²) in [7, 11) is -3.67. The van der Waals surface area contributed by atoms with Gasteiger partial charge < -0.3 is 4.52 Å². The predicted molar refractivity (Wildman–Crippen MR) is 84.6 cm³/mol. The van der Waals surface area contributed by atoms with Gasteiger partial charge in [0.2, 0.25) is 11.7 Å². The van der Waals surface area contributed by atoms with E-state index in [1.54, 1.807) is 36.6 Å². The third kappa shape index (κ3) is 3.13. The highest BCUT2D eigenvalue weighted by atomic mass is 35.5. The Labute approximate surface area is 135 Å². The Hall–Kier alpha value is -1.90. The lowest BCUT2D eigenvalue weighted by Crippen LogP contribution is -2.11. The van der Waals surface area contributed by atoms with Gasteiger partial charge in [-0.1, -0.05) is 16.8 Å². The SMILES string of the molecule is Cc1nc(-c2csc(S(=O)(=O)Nc3ccc(Cl)cc3)c2)no1. The lowest BCUT2D eigenvalue weighted by molar-refractivity contribution is 0.394. The van der Waals surface area contributed by atoms with E-state index in [0.717, 1.165) is 11.3 Å². The second-order valence-electron chi connectivity index (χ2n) is 4.40. The molecule has 0 saturated carbocycles. The summed E-state index contributed by atoms with van der Waals surface area (Å²) >= 11 is 6.86. The van der Waals surface area contributed by atoms with Crippen LogP contribution in [0.4, 0.5) is 5.69 Å². The molecule has 1 N–H and O–H groups in total. The number of hydrogen-bond acceptors (Lipinski definition) is 6. The standard InChI is InChI=1S/C13H10ClN3O3S2/c1-8-15-13(16-20-8)9-6-12(21-7-9)22(18,19)17-11-4-2-10(14)3-5-11/h2-7,17H,1H3. The van der Waals surface area contributed by atoms with Crippen molar-refractivity contribution in [1.29, 1.82) is 0 Å². The molecule has 0 unspecified atom stereocenters. The van der Waals surface area contributed by atoms with Crippen molar-refractivity contribution in [2.75, 3.05) is 4.72 Å². The van der Waals surface area contributed by atoms with Crippen LogP contribution >= 0.6 is 22.9 Å². The minimum absolute atomic E-state index is 0.167. The number of aromatic nitrogens is 2. The number of nitrogens with one attached hydrogen (secondary N) is 1. The van der Waals surface area contributed by atoms with Crippen molar-refractivity contribution in [3.05, 3.63) is 46.6 Å². The Kier molecular flexibility index (Phi) is 3.90. The van der Waals surface area contributed by atoms with Crippen LogP contribution in [-0.2, 0) is 10.0 Å². The van der Waals surface area contributed by atoms with E-state index < -0.39 is 10.0 Å². The van der Waals surface area contributed by atoms with Crippen LogP contribution in [0.5, 0.6) is 0 Å². The molecule has 1 aromatic carbocycles. The summed E-state index contributed by atoms with van der Waals surface area (Å²) in [5, 5.41) is 5.97. The molecule has 0 aliphatic rings. The quantitative estimate of drug-likeness (QED) is 0.773. The van der Waals surface area contributed by atoms with Gasteiger partial charge in [-0.3, -0.25) is 4.72 Å². The van der Waals surface area contributed by atoms with Crippen molar-refractivity contribution in [3.63, 3.8) is 0 Å². The molecule has 0 bridgehead atoms. The van der Waals surface area contributed by atoms with Crippen molar-refractivity contribution in [3.8, 4) is 11.4 Å². The second kappa shape index (κ2) is 5.71. The molecule has 3 aromatic rings. The molecule has 2 aromatic heterocycles. The normalized spacial score (nSPS) is 11.5. The molecule has 0 radical (unpaired) electrons. The van der Waals surface area contributed by atoms with Crippen LogP contribution < -0.4 is 4.72 Å². The highest BCUT2D eigenvalue weighted by Crippen LogP contribution is 2.28. The molecule has 0 saturated heterocycles. The average molecular weight is 356 g/mol. The first-order valence-corrected chi connectivity index (χ1v) is 8.86. The average Bonchev–Trinajstić information content (AvgIpc) is 3.10. The molecule has 0 atom stereocenters. The van der Waals surface area contributed by atoms with Crippen LogP contribution in [0, 0.1) is 6.92 Å². The van der Waals surface area contributed by atoms with Crippen molar-refractivity contribution < 1.29 is 12.9 Å². The highest BCUT2D eigenvalue weighted by molar-refractivity contribution is 7.94. The summed E-state index contributed by atoms with van der Waals surface area (Å²) in [6.07, 6.45) is 0. The van der Waals surface area contributed by atoms with Gasteiger partial charge in [0, 0.05) is 28.6 Å². The van der Waals surface area contributed by atoms with Gasteiger partial charge in [0.15, 0.2) is 0 Å². The maximum atomic E-state index is 12.3. The molecule has 6 nitrogen and oxygen atoms in total. The number of halogens is 1. The fourth-order valence-corrected chi connectivity index (χ4v) is 4.06. The van der Waals surface area contributed by atoms with Crippen LogP contribution in [0.1, 0.15) is 5.89 Å². The number of aryl methyl sites for hydroxylation is 1. The molecule has 22 heavy (non-hydrogen) atoms. The number of hydrogen-bond donors (Lipinski definition) is 1. The number of sulfonamides is 1. The molecule has 9 heteroatoms. The number of nitrogens with zero attached hydrogens (tertiary/aromatic N) is 2. The van der Waals surface area contributed by atoms with Crippen molar-refractivity contribution in [1.82, 2.24) is 10.1 Å². The zero-order chi connectivity index (χ0) is 15.7. The smallest absolute Gasteiger partial charge is 0.271 e. The van der Waals surface area contributed by atoms with E-state index in [4.69, 9.17) is 16.1 Å². The van der Waals surface area contributed by atoms with E-state index in [0.29, 0.717) is 28.0 Å². The van der Waals surface area contributed by atoms with E-state index in [9.17, 15) is 8.42 Å². The summed E-state index contributed by atoms with van der Waals surface area (Å²) in [6, 6.07) is 7.92. The Bertz CT molecular complexity index is 901. The summed E-state index contributed by atoms with van der Waals surface area (Å²) in [5.74, 6) is 0.784. The Morgan fingerprint density at radius 1 is 1.27 bits per heavy atom. The van der Waals surface area contributed by atoms with Gasteiger partial charge in [-0.15, -0.1) is 11.3 Å². The van der Waals surface area contributed by atoms with Gasteiger partial charge in [-0.05, 0) is 30.3 Å². The van der Waals surface area contributed by atoms with Crippen LogP contribution in [0.15, 0.2) is 44.4 Å². The minimum atomic E-state index is -3.67. The van der Waals surface area contributed by atoms with Gasteiger partial charge in [-0.25, -0.2) is 8.42 Å². The van der Waals surface area contributed by atoms with E-state index in [-0.39, 0.29) is 4.21 Å². The van der Waals surface area contributed by atoms with Gasteiger partial charge in [-0.2, -0.15) is 4.98 Å². The lowest BCUT2D eigenvalue weighted by Gasteiger charge is -2.05. The van der Waals surface area contributed by atoms with Crippen molar-refractivity contribution in [2.24, 2.45) is 0 Å². The first kappa shape index (κ1) is 15.0. The van der Waals surface area contributed by atoms with Crippen LogP contribution in [0.3, 0.4) is 0 Å². The fraction of sp³-hybridized carbons (Fsp3) is 0.0769. The third-order valence-electron chi connectivity index (χ3n) is 2.72. The van der Waals surface area contributed by atoms with E-state index in [1.807, 2.05) is 0 Å². The molecule has 114 valence electrons. The fourth-order valence-electron chi connectivity index (χ4n) is 1.71. The van der Waals surface area contributed by atoms with Gasteiger partial charge in [0.25, 0.3) is 10.0 Å². The third-order valence-corrected chi connectivity index (χ3v) is 5.80. The first-order chi connectivity index (χ1) is 10.4. The van der Waals surface area contributed by atoms with Crippen molar-refractivity contribution >= 4 is 38.6 Å². The first-order valence-electron chi connectivity index (χ1n) is 6.12. The number of benzene rings is 1. The largest absolute Gasteiger partial charge is 0.339 e. The van der Waals surface area contributed by atoms with E-state index in [2.05, 4.69) is 14.9 Å². The maximum absolute atomic E-state index is 12.3. The molecule has 2 heterocycles. The minimum Gasteiger partial charge on any atom is -0.339 e. The summed E-state index contributed by atoms with van der Waals surface area (Å²) in [4.78, 5) is 4.07. The molecule has 3 rings (SSSR count). The molecule has 0 fully saturated rings. The van der Waals surface area contributed by atoms with Gasteiger partial charge in [0.05, 0.1) is 0 Å².